The maximum atomic E-state index is 12.4. The number of anilines is 2. The van der Waals surface area contributed by atoms with Gasteiger partial charge in [0.1, 0.15) is 0 Å². The lowest BCUT2D eigenvalue weighted by molar-refractivity contribution is 0.0751. The van der Waals surface area contributed by atoms with Gasteiger partial charge in [0.25, 0.3) is 5.91 Å². The third kappa shape index (κ3) is 5.21. The predicted molar refractivity (Wildman–Crippen MR) is 108 cm³/mol. The molecule has 1 saturated heterocycles. The monoisotopic (exact) mass is 388 g/mol. The summed E-state index contributed by atoms with van der Waals surface area (Å²) in [5.41, 5.74) is 1.82. The molecular weight excluding hydrogens is 364 g/mol. The minimum absolute atomic E-state index is 0.115. The summed E-state index contributed by atoms with van der Waals surface area (Å²) in [5.74, 6) is 0.115. The Morgan fingerprint density at radius 2 is 1.85 bits per heavy atom. The molecule has 3 rings (SSSR count). The standard InChI is InChI=1S/C19H24N4O3S/c1-26-13-8-20-19(25)21-15-4-6-16(7-5-15)22-9-11-23(12-10-22)18(24)17-3-2-14-27-17/h2-7,14H,8-13H2,1H3,(H2,20,21,25). The third-order valence-electron chi connectivity index (χ3n) is 4.38. The molecule has 1 aliphatic rings. The summed E-state index contributed by atoms with van der Waals surface area (Å²) in [7, 11) is 1.59. The molecule has 3 amide bonds. The van der Waals surface area contributed by atoms with Crippen molar-refractivity contribution < 1.29 is 14.3 Å². The molecule has 1 aliphatic heterocycles. The summed E-state index contributed by atoms with van der Waals surface area (Å²) >= 11 is 1.48. The molecule has 1 fully saturated rings. The van der Waals surface area contributed by atoms with Gasteiger partial charge in [-0.05, 0) is 35.7 Å². The van der Waals surface area contributed by atoms with Crippen LogP contribution in [0.15, 0.2) is 41.8 Å². The number of hydrogen-bond acceptors (Lipinski definition) is 5. The van der Waals surface area contributed by atoms with Crippen molar-refractivity contribution in [2.45, 2.75) is 0 Å². The number of benzene rings is 1. The van der Waals surface area contributed by atoms with Gasteiger partial charge in [-0.1, -0.05) is 6.07 Å². The maximum Gasteiger partial charge on any atom is 0.319 e. The molecule has 8 heteroatoms. The lowest BCUT2D eigenvalue weighted by Gasteiger charge is -2.36. The second-order valence-electron chi connectivity index (χ2n) is 6.18. The highest BCUT2D eigenvalue weighted by molar-refractivity contribution is 7.12. The van der Waals surface area contributed by atoms with E-state index in [1.807, 2.05) is 46.7 Å². The average Bonchev–Trinajstić information content (AvgIpc) is 3.23. The van der Waals surface area contributed by atoms with E-state index in [0.717, 1.165) is 29.3 Å². The van der Waals surface area contributed by atoms with Crippen molar-refractivity contribution in [3.63, 3.8) is 0 Å². The van der Waals surface area contributed by atoms with E-state index in [9.17, 15) is 9.59 Å². The predicted octanol–water partition coefficient (Wildman–Crippen LogP) is 2.48. The fourth-order valence-corrected chi connectivity index (χ4v) is 3.61. The second kappa shape index (κ2) is 9.38. The van der Waals surface area contributed by atoms with Gasteiger partial charge in [0.15, 0.2) is 0 Å². The Balaban J connectivity index is 1.48. The van der Waals surface area contributed by atoms with Crippen molar-refractivity contribution in [2.24, 2.45) is 0 Å². The van der Waals surface area contributed by atoms with Crippen LogP contribution in [0.25, 0.3) is 0 Å². The van der Waals surface area contributed by atoms with Crippen LogP contribution in [0.5, 0.6) is 0 Å². The number of thiophene rings is 1. The molecular formula is C19H24N4O3S. The summed E-state index contributed by atoms with van der Waals surface area (Å²) in [6.45, 7) is 3.95. The van der Waals surface area contributed by atoms with Crippen LogP contribution in [0.2, 0.25) is 0 Å². The minimum atomic E-state index is -0.250. The molecule has 144 valence electrons. The number of piperazine rings is 1. The maximum absolute atomic E-state index is 12.4. The molecule has 0 unspecified atom stereocenters. The molecule has 0 atom stereocenters. The van der Waals surface area contributed by atoms with E-state index < -0.39 is 0 Å². The Morgan fingerprint density at radius 1 is 1.11 bits per heavy atom. The van der Waals surface area contributed by atoms with E-state index >= 15 is 0 Å². The van der Waals surface area contributed by atoms with Crippen LogP contribution in [0.4, 0.5) is 16.2 Å². The zero-order valence-corrected chi connectivity index (χ0v) is 16.1. The number of rotatable bonds is 6. The number of urea groups is 1. The van der Waals surface area contributed by atoms with Gasteiger partial charge in [0.2, 0.25) is 0 Å². The molecule has 27 heavy (non-hydrogen) atoms. The highest BCUT2D eigenvalue weighted by atomic mass is 32.1. The van der Waals surface area contributed by atoms with E-state index in [2.05, 4.69) is 15.5 Å². The van der Waals surface area contributed by atoms with Crippen LogP contribution in [0.1, 0.15) is 9.67 Å². The van der Waals surface area contributed by atoms with E-state index in [4.69, 9.17) is 4.74 Å². The molecule has 0 spiro atoms. The smallest absolute Gasteiger partial charge is 0.319 e. The molecule has 7 nitrogen and oxygen atoms in total. The van der Waals surface area contributed by atoms with Crippen LogP contribution >= 0.6 is 11.3 Å². The summed E-state index contributed by atoms with van der Waals surface area (Å²) in [6, 6.07) is 11.3. The molecule has 2 N–H and O–H groups in total. The van der Waals surface area contributed by atoms with E-state index in [1.54, 1.807) is 7.11 Å². The summed E-state index contributed by atoms with van der Waals surface area (Å²) in [4.78, 5) is 29.1. The number of nitrogens with one attached hydrogen (secondary N) is 2. The van der Waals surface area contributed by atoms with Gasteiger partial charge in [-0.2, -0.15) is 0 Å². The van der Waals surface area contributed by atoms with Crippen molar-refractivity contribution in [1.29, 1.82) is 0 Å². The first kappa shape index (κ1) is 19.2. The number of ether oxygens (including phenoxy) is 1. The minimum Gasteiger partial charge on any atom is -0.383 e. The van der Waals surface area contributed by atoms with Gasteiger partial charge in [-0.15, -0.1) is 11.3 Å². The lowest BCUT2D eigenvalue weighted by Crippen LogP contribution is -2.48. The topological polar surface area (TPSA) is 73.9 Å². The number of carbonyl (C=O) groups excluding carboxylic acids is 2. The highest BCUT2D eigenvalue weighted by Crippen LogP contribution is 2.21. The fourth-order valence-electron chi connectivity index (χ4n) is 2.92. The number of hydrogen-bond donors (Lipinski definition) is 2. The SMILES string of the molecule is COCCNC(=O)Nc1ccc(N2CCN(C(=O)c3cccs3)CC2)cc1. The number of carbonyl (C=O) groups is 2. The lowest BCUT2D eigenvalue weighted by atomic mass is 10.2. The summed E-state index contributed by atoms with van der Waals surface area (Å²) in [5, 5.41) is 7.44. The first-order valence-electron chi connectivity index (χ1n) is 8.89. The first-order valence-corrected chi connectivity index (χ1v) is 9.77. The van der Waals surface area contributed by atoms with Crippen LogP contribution < -0.4 is 15.5 Å². The van der Waals surface area contributed by atoms with Gasteiger partial charge < -0.3 is 25.2 Å². The van der Waals surface area contributed by atoms with Crippen LogP contribution in [-0.4, -0.2) is 63.3 Å². The average molecular weight is 388 g/mol. The summed E-state index contributed by atoms with van der Waals surface area (Å²) in [6.07, 6.45) is 0. The van der Waals surface area contributed by atoms with Crippen molar-refractivity contribution in [3.05, 3.63) is 46.7 Å². The van der Waals surface area contributed by atoms with Crippen molar-refractivity contribution in [2.75, 3.05) is 56.7 Å². The summed E-state index contributed by atoms with van der Waals surface area (Å²) < 4.78 is 4.90. The Kier molecular flexibility index (Phi) is 6.67. The van der Waals surface area contributed by atoms with Crippen LogP contribution in [0.3, 0.4) is 0 Å². The first-order chi connectivity index (χ1) is 13.2. The van der Waals surface area contributed by atoms with Crippen molar-refractivity contribution in [1.82, 2.24) is 10.2 Å². The molecule has 1 aromatic carbocycles. The van der Waals surface area contributed by atoms with Gasteiger partial charge in [-0.25, -0.2) is 4.79 Å². The molecule has 0 radical (unpaired) electrons. The van der Waals surface area contributed by atoms with Crippen LogP contribution in [0, 0.1) is 0 Å². The Labute approximate surface area is 162 Å². The highest BCUT2D eigenvalue weighted by Gasteiger charge is 2.22. The zero-order valence-electron chi connectivity index (χ0n) is 15.3. The molecule has 2 heterocycles. The Bertz CT molecular complexity index is 741. The quantitative estimate of drug-likeness (QED) is 0.746. The Morgan fingerprint density at radius 3 is 2.48 bits per heavy atom. The van der Waals surface area contributed by atoms with Crippen LogP contribution in [-0.2, 0) is 4.74 Å². The number of nitrogens with zero attached hydrogens (tertiary/aromatic N) is 2. The molecule has 0 saturated carbocycles. The largest absolute Gasteiger partial charge is 0.383 e. The third-order valence-corrected chi connectivity index (χ3v) is 5.24. The van der Waals surface area contributed by atoms with E-state index in [0.29, 0.717) is 26.2 Å². The number of amides is 3. The van der Waals surface area contributed by atoms with E-state index in [1.165, 1.54) is 11.3 Å². The second-order valence-corrected chi connectivity index (χ2v) is 7.12. The van der Waals surface area contributed by atoms with Gasteiger partial charge in [0.05, 0.1) is 11.5 Å². The van der Waals surface area contributed by atoms with Crippen molar-refractivity contribution in [3.8, 4) is 0 Å². The van der Waals surface area contributed by atoms with E-state index in [-0.39, 0.29) is 11.9 Å². The zero-order chi connectivity index (χ0) is 19.1. The number of methoxy groups -OCH3 is 1. The van der Waals surface area contributed by atoms with Crippen molar-refractivity contribution >= 4 is 34.6 Å². The van der Waals surface area contributed by atoms with Gasteiger partial charge in [0, 0.05) is 51.2 Å². The normalized spacial score (nSPS) is 14.1. The molecule has 1 aromatic heterocycles. The molecule has 2 aromatic rings. The van der Waals surface area contributed by atoms with Gasteiger partial charge in [-0.3, -0.25) is 4.79 Å². The Hall–Kier alpha value is -2.58. The fraction of sp³-hybridized carbons (Fsp3) is 0.368. The molecule has 0 aliphatic carbocycles. The molecule has 0 bridgehead atoms. The van der Waals surface area contributed by atoms with Gasteiger partial charge >= 0.3 is 6.03 Å².